The number of nitrogens with zero attached hydrogens (tertiary/aromatic N) is 2. The molecule has 0 radical (unpaired) electrons. The number of hydrogen-bond donors (Lipinski definition) is 1. The van der Waals surface area contributed by atoms with Crippen LogP contribution in [-0.2, 0) is 0 Å². The lowest BCUT2D eigenvalue weighted by molar-refractivity contribution is 0.0760. The highest BCUT2D eigenvalue weighted by atomic mass is 35.5. The van der Waals surface area contributed by atoms with Crippen molar-refractivity contribution in [2.45, 2.75) is 39.0 Å². The predicted octanol–water partition coefficient (Wildman–Crippen LogP) is 3.36. The van der Waals surface area contributed by atoms with Crippen LogP contribution in [0.1, 0.15) is 49.4 Å². The minimum Gasteiger partial charge on any atom is -0.384 e. The van der Waals surface area contributed by atoms with Gasteiger partial charge in [-0.05, 0) is 37.3 Å². The zero-order chi connectivity index (χ0) is 14.5. The van der Waals surface area contributed by atoms with E-state index >= 15 is 0 Å². The summed E-state index contributed by atoms with van der Waals surface area (Å²) in [5.41, 5.74) is 6.19. The summed E-state index contributed by atoms with van der Waals surface area (Å²) in [6.45, 7) is 3.86. The summed E-state index contributed by atoms with van der Waals surface area (Å²) in [6.07, 6.45) is 5.86. The van der Waals surface area contributed by atoms with Crippen molar-refractivity contribution in [3.05, 3.63) is 22.8 Å². The molecule has 0 spiro atoms. The Hall–Kier alpha value is -1.29. The summed E-state index contributed by atoms with van der Waals surface area (Å²) >= 11 is 5.87. The number of anilines is 1. The number of nitrogen functional groups attached to an aromatic ring is 1. The van der Waals surface area contributed by atoms with Gasteiger partial charge in [-0.3, -0.25) is 4.79 Å². The average Bonchev–Trinajstić information content (AvgIpc) is 2.63. The maximum absolute atomic E-state index is 12.5. The van der Waals surface area contributed by atoms with Gasteiger partial charge in [-0.1, -0.05) is 31.4 Å². The van der Waals surface area contributed by atoms with Gasteiger partial charge in [0.15, 0.2) is 0 Å². The fourth-order valence-electron chi connectivity index (χ4n) is 2.89. The molecule has 1 atom stereocenters. The highest BCUT2D eigenvalue weighted by Crippen LogP contribution is 2.23. The van der Waals surface area contributed by atoms with Gasteiger partial charge in [-0.25, -0.2) is 4.98 Å². The van der Waals surface area contributed by atoms with Gasteiger partial charge in [0.2, 0.25) is 0 Å². The van der Waals surface area contributed by atoms with Gasteiger partial charge in [0, 0.05) is 18.7 Å². The molecular formula is C15H22ClN3O. The topological polar surface area (TPSA) is 59.2 Å². The van der Waals surface area contributed by atoms with Crippen LogP contribution in [0.2, 0.25) is 5.15 Å². The standard InChI is InChI=1S/C15H22ClN3O/c1-2-4-11-5-3-7-19(8-6-11)15(20)12-9-13(16)18-14(17)10-12/h9-11H,2-8H2,1H3,(H2,17,18). The van der Waals surface area contributed by atoms with Crippen molar-refractivity contribution in [2.24, 2.45) is 5.92 Å². The number of pyridine rings is 1. The maximum Gasteiger partial charge on any atom is 0.254 e. The van der Waals surface area contributed by atoms with Crippen LogP contribution in [0.3, 0.4) is 0 Å². The molecule has 2 N–H and O–H groups in total. The zero-order valence-electron chi connectivity index (χ0n) is 11.9. The Bertz CT molecular complexity index is 458. The van der Waals surface area contributed by atoms with E-state index in [2.05, 4.69) is 11.9 Å². The second kappa shape index (κ2) is 6.93. The van der Waals surface area contributed by atoms with Crippen LogP contribution in [0, 0.1) is 5.92 Å². The van der Waals surface area contributed by atoms with Gasteiger partial charge < -0.3 is 10.6 Å². The van der Waals surface area contributed by atoms with Crippen LogP contribution in [-0.4, -0.2) is 28.9 Å². The number of hydrogen-bond acceptors (Lipinski definition) is 3. The van der Waals surface area contributed by atoms with Crippen molar-refractivity contribution in [3.63, 3.8) is 0 Å². The number of carbonyl (C=O) groups excluding carboxylic acids is 1. The molecule has 1 saturated heterocycles. The SMILES string of the molecule is CCCC1CCCN(C(=O)c2cc(N)nc(Cl)c2)CC1. The van der Waals surface area contributed by atoms with Gasteiger partial charge in [-0.15, -0.1) is 0 Å². The van der Waals surface area contributed by atoms with Crippen LogP contribution in [0.15, 0.2) is 12.1 Å². The quantitative estimate of drug-likeness (QED) is 0.870. The highest BCUT2D eigenvalue weighted by molar-refractivity contribution is 6.29. The summed E-state index contributed by atoms with van der Waals surface area (Å²) in [7, 11) is 0. The highest BCUT2D eigenvalue weighted by Gasteiger charge is 2.21. The average molecular weight is 296 g/mol. The number of likely N-dealkylation sites (tertiary alicyclic amines) is 1. The number of halogens is 1. The largest absolute Gasteiger partial charge is 0.384 e. The fourth-order valence-corrected chi connectivity index (χ4v) is 3.10. The first-order valence-corrected chi connectivity index (χ1v) is 7.70. The van der Waals surface area contributed by atoms with Crippen LogP contribution in [0.25, 0.3) is 0 Å². The molecule has 1 aliphatic rings. The number of aromatic nitrogens is 1. The lowest BCUT2D eigenvalue weighted by Crippen LogP contribution is -2.32. The van der Waals surface area contributed by atoms with Crippen LogP contribution >= 0.6 is 11.6 Å². The molecule has 2 heterocycles. The lowest BCUT2D eigenvalue weighted by atomic mass is 9.96. The summed E-state index contributed by atoms with van der Waals surface area (Å²) in [6, 6.07) is 3.19. The minimum atomic E-state index is 0.0122. The molecule has 0 bridgehead atoms. The van der Waals surface area contributed by atoms with E-state index in [0.717, 1.165) is 31.8 Å². The molecule has 1 amide bonds. The molecule has 0 aromatic carbocycles. The molecule has 1 aliphatic heterocycles. The third-order valence-electron chi connectivity index (χ3n) is 3.89. The van der Waals surface area contributed by atoms with Crippen LogP contribution in [0.5, 0.6) is 0 Å². The molecule has 1 fully saturated rings. The Morgan fingerprint density at radius 3 is 2.95 bits per heavy atom. The summed E-state index contributed by atoms with van der Waals surface area (Å²) in [5, 5.41) is 0.270. The molecule has 0 saturated carbocycles. The fraction of sp³-hybridized carbons (Fsp3) is 0.600. The Morgan fingerprint density at radius 1 is 1.45 bits per heavy atom. The van der Waals surface area contributed by atoms with Gasteiger partial charge in [0.05, 0.1) is 0 Å². The van der Waals surface area contributed by atoms with E-state index in [-0.39, 0.29) is 11.1 Å². The van der Waals surface area contributed by atoms with E-state index in [4.69, 9.17) is 17.3 Å². The number of carbonyl (C=O) groups is 1. The minimum absolute atomic E-state index is 0.0122. The molecule has 2 rings (SSSR count). The van der Waals surface area contributed by atoms with Crippen molar-refractivity contribution >= 4 is 23.3 Å². The number of nitrogens with two attached hydrogens (primary N) is 1. The van der Waals surface area contributed by atoms with Crippen molar-refractivity contribution in [2.75, 3.05) is 18.8 Å². The van der Waals surface area contributed by atoms with Crippen molar-refractivity contribution in [1.29, 1.82) is 0 Å². The first-order valence-electron chi connectivity index (χ1n) is 7.32. The first-order chi connectivity index (χ1) is 9.60. The first kappa shape index (κ1) is 15.1. The summed E-state index contributed by atoms with van der Waals surface area (Å²) in [5.74, 6) is 1.06. The molecule has 1 aromatic heterocycles. The van der Waals surface area contributed by atoms with Gasteiger partial charge in [-0.2, -0.15) is 0 Å². The van der Waals surface area contributed by atoms with Gasteiger partial charge in [0.1, 0.15) is 11.0 Å². The molecule has 20 heavy (non-hydrogen) atoms. The van der Waals surface area contributed by atoms with Gasteiger partial charge >= 0.3 is 0 Å². The summed E-state index contributed by atoms with van der Waals surface area (Å²) in [4.78, 5) is 18.3. The van der Waals surface area contributed by atoms with E-state index in [1.54, 1.807) is 12.1 Å². The maximum atomic E-state index is 12.5. The normalized spacial score (nSPS) is 19.7. The van der Waals surface area contributed by atoms with E-state index in [0.29, 0.717) is 11.4 Å². The monoisotopic (exact) mass is 295 g/mol. The molecule has 1 aromatic rings. The predicted molar refractivity (Wildman–Crippen MR) is 81.8 cm³/mol. The van der Waals surface area contributed by atoms with Crippen molar-refractivity contribution in [3.8, 4) is 0 Å². The third kappa shape index (κ3) is 3.85. The lowest BCUT2D eigenvalue weighted by Gasteiger charge is -2.21. The zero-order valence-corrected chi connectivity index (χ0v) is 12.7. The van der Waals surface area contributed by atoms with Crippen molar-refractivity contribution in [1.82, 2.24) is 9.88 Å². The van der Waals surface area contributed by atoms with E-state index < -0.39 is 0 Å². The molecule has 110 valence electrons. The Labute approximate surface area is 125 Å². The smallest absolute Gasteiger partial charge is 0.254 e. The molecule has 0 aliphatic carbocycles. The molecule has 5 heteroatoms. The molecule has 1 unspecified atom stereocenters. The number of amides is 1. The second-order valence-electron chi connectivity index (χ2n) is 5.48. The summed E-state index contributed by atoms with van der Waals surface area (Å²) < 4.78 is 0. The van der Waals surface area contributed by atoms with Crippen molar-refractivity contribution < 1.29 is 4.79 Å². The van der Waals surface area contributed by atoms with E-state index in [9.17, 15) is 4.79 Å². The Balaban J connectivity index is 2.05. The molecule has 4 nitrogen and oxygen atoms in total. The number of rotatable bonds is 3. The van der Waals surface area contributed by atoms with E-state index in [1.165, 1.54) is 19.3 Å². The second-order valence-corrected chi connectivity index (χ2v) is 5.87. The Morgan fingerprint density at radius 2 is 2.25 bits per heavy atom. The van der Waals surface area contributed by atoms with Crippen LogP contribution < -0.4 is 5.73 Å². The van der Waals surface area contributed by atoms with Gasteiger partial charge in [0.25, 0.3) is 5.91 Å². The Kier molecular flexibility index (Phi) is 5.24. The third-order valence-corrected chi connectivity index (χ3v) is 4.09. The van der Waals surface area contributed by atoms with Crippen LogP contribution in [0.4, 0.5) is 5.82 Å². The van der Waals surface area contributed by atoms with E-state index in [1.807, 2.05) is 4.90 Å². The molecular weight excluding hydrogens is 274 g/mol.